The standard InChI is InChI=1S/C7H15NO3/c8-5-3-1-2-4-6(9)7(10)11/h6,9H,1-5,8H2,(H,10,11)/t6-/m1/s1. The molecule has 11 heavy (non-hydrogen) atoms. The molecule has 4 N–H and O–H groups in total. The van der Waals surface area contributed by atoms with Gasteiger partial charge in [0.25, 0.3) is 0 Å². The van der Waals surface area contributed by atoms with Crippen molar-refractivity contribution in [3.63, 3.8) is 0 Å². The minimum atomic E-state index is -1.20. The number of hydrogen-bond donors (Lipinski definition) is 3. The number of carboxylic acid groups (broad SMARTS) is 1. The Labute approximate surface area is 66.0 Å². The Balaban J connectivity index is 3.17. The lowest BCUT2D eigenvalue weighted by Gasteiger charge is -2.03. The highest BCUT2D eigenvalue weighted by Gasteiger charge is 2.11. The van der Waals surface area contributed by atoms with Gasteiger partial charge in [-0.1, -0.05) is 12.8 Å². The summed E-state index contributed by atoms with van der Waals surface area (Å²) in [6.45, 7) is 0.628. The number of aliphatic hydroxyl groups is 1. The molecule has 0 aromatic carbocycles. The molecule has 0 aromatic rings. The van der Waals surface area contributed by atoms with Crippen LogP contribution in [0.25, 0.3) is 0 Å². The number of nitrogens with two attached hydrogens (primary N) is 1. The molecule has 66 valence electrons. The van der Waals surface area contributed by atoms with Crippen molar-refractivity contribution < 1.29 is 15.0 Å². The average molecular weight is 161 g/mol. The van der Waals surface area contributed by atoms with Crippen LogP contribution in [-0.4, -0.2) is 28.8 Å². The molecule has 1 atom stereocenters. The van der Waals surface area contributed by atoms with Crippen molar-refractivity contribution in [2.45, 2.75) is 31.8 Å². The van der Waals surface area contributed by atoms with E-state index in [2.05, 4.69) is 0 Å². The van der Waals surface area contributed by atoms with Gasteiger partial charge in [0.1, 0.15) is 0 Å². The number of aliphatic hydroxyl groups excluding tert-OH is 1. The largest absolute Gasteiger partial charge is 0.479 e. The second-order valence-electron chi connectivity index (χ2n) is 2.49. The van der Waals surface area contributed by atoms with Crippen LogP contribution in [0.3, 0.4) is 0 Å². The molecule has 0 fully saturated rings. The van der Waals surface area contributed by atoms with Crippen molar-refractivity contribution in [3.8, 4) is 0 Å². The Morgan fingerprint density at radius 1 is 1.36 bits per heavy atom. The van der Waals surface area contributed by atoms with E-state index in [1.165, 1.54) is 0 Å². The normalized spacial score (nSPS) is 12.9. The Morgan fingerprint density at radius 2 is 2.00 bits per heavy atom. The fourth-order valence-corrected chi connectivity index (χ4v) is 0.782. The van der Waals surface area contributed by atoms with Gasteiger partial charge in [-0.15, -0.1) is 0 Å². The van der Waals surface area contributed by atoms with E-state index in [1.807, 2.05) is 0 Å². The van der Waals surface area contributed by atoms with Crippen LogP contribution in [0.15, 0.2) is 0 Å². The monoisotopic (exact) mass is 161 g/mol. The zero-order valence-electron chi connectivity index (χ0n) is 6.49. The van der Waals surface area contributed by atoms with E-state index < -0.39 is 12.1 Å². The van der Waals surface area contributed by atoms with Crippen LogP contribution in [-0.2, 0) is 4.79 Å². The fourth-order valence-electron chi connectivity index (χ4n) is 0.782. The summed E-state index contributed by atoms with van der Waals surface area (Å²) in [4.78, 5) is 10.1. The van der Waals surface area contributed by atoms with Crippen molar-refractivity contribution >= 4 is 5.97 Å². The Morgan fingerprint density at radius 3 is 2.45 bits per heavy atom. The number of carboxylic acids is 1. The van der Waals surface area contributed by atoms with Crippen molar-refractivity contribution in [2.75, 3.05) is 6.54 Å². The number of hydrogen-bond acceptors (Lipinski definition) is 3. The zero-order chi connectivity index (χ0) is 8.69. The molecule has 4 nitrogen and oxygen atoms in total. The van der Waals surface area contributed by atoms with Crippen molar-refractivity contribution in [1.29, 1.82) is 0 Å². The molecule has 0 saturated heterocycles. The molecule has 0 radical (unpaired) electrons. The van der Waals surface area contributed by atoms with Crippen LogP contribution in [0.1, 0.15) is 25.7 Å². The lowest BCUT2D eigenvalue weighted by Crippen LogP contribution is -2.18. The van der Waals surface area contributed by atoms with E-state index in [0.717, 1.165) is 19.3 Å². The van der Waals surface area contributed by atoms with Crippen LogP contribution < -0.4 is 5.73 Å². The van der Waals surface area contributed by atoms with Crippen molar-refractivity contribution in [2.24, 2.45) is 5.73 Å². The molecule has 0 aromatic heterocycles. The summed E-state index contributed by atoms with van der Waals surface area (Å²) in [6, 6.07) is 0. The third kappa shape index (κ3) is 5.82. The number of unbranched alkanes of at least 4 members (excludes halogenated alkanes) is 2. The summed E-state index contributed by atoms with van der Waals surface area (Å²) in [5, 5.41) is 17.1. The minimum Gasteiger partial charge on any atom is -0.479 e. The van der Waals surface area contributed by atoms with E-state index in [4.69, 9.17) is 15.9 Å². The number of rotatable bonds is 6. The topological polar surface area (TPSA) is 83.5 Å². The number of carbonyl (C=O) groups is 1. The van der Waals surface area contributed by atoms with Crippen LogP contribution in [0, 0.1) is 0 Å². The predicted molar refractivity (Wildman–Crippen MR) is 41.2 cm³/mol. The summed E-state index contributed by atoms with van der Waals surface area (Å²) < 4.78 is 0. The van der Waals surface area contributed by atoms with Crippen LogP contribution >= 0.6 is 0 Å². The highest BCUT2D eigenvalue weighted by atomic mass is 16.4. The average Bonchev–Trinajstić information content (AvgIpc) is 1.97. The highest BCUT2D eigenvalue weighted by Crippen LogP contribution is 2.02. The van der Waals surface area contributed by atoms with Gasteiger partial charge in [-0.05, 0) is 19.4 Å². The molecule has 0 rings (SSSR count). The maximum absolute atomic E-state index is 10.1. The lowest BCUT2D eigenvalue weighted by molar-refractivity contribution is -0.146. The van der Waals surface area contributed by atoms with E-state index in [-0.39, 0.29) is 0 Å². The van der Waals surface area contributed by atoms with Gasteiger partial charge in [0.15, 0.2) is 6.10 Å². The van der Waals surface area contributed by atoms with Crippen LogP contribution in [0.2, 0.25) is 0 Å². The molecule has 0 bridgehead atoms. The molecule has 0 spiro atoms. The second kappa shape index (κ2) is 6.12. The van der Waals surface area contributed by atoms with E-state index in [0.29, 0.717) is 13.0 Å². The Kier molecular flexibility index (Phi) is 5.78. The molecule has 0 aliphatic heterocycles. The summed E-state index contributed by atoms with van der Waals surface area (Å²) in [6.07, 6.45) is 1.64. The second-order valence-corrected chi connectivity index (χ2v) is 2.49. The van der Waals surface area contributed by atoms with Gasteiger partial charge in [-0.3, -0.25) is 0 Å². The Hall–Kier alpha value is -0.610. The minimum absolute atomic E-state index is 0.329. The first-order valence-corrected chi connectivity index (χ1v) is 3.79. The Bertz CT molecular complexity index is 116. The van der Waals surface area contributed by atoms with Gasteiger partial charge in [-0.25, -0.2) is 4.79 Å². The van der Waals surface area contributed by atoms with Gasteiger partial charge < -0.3 is 15.9 Å². The predicted octanol–water partition coefficient (Wildman–Crippen LogP) is -0.0490. The van der Waals surface area contributed by atoms with Crippen LogP contribution in [0.5, 0.6) is 0 Å². The van der Waals surface area contributed by atoms with E-state index >= 15 is 0 Å². The van der Waals surface area contributed by atoms with Gasteiger partial charge in [0.2, 0.25) is 0 Å². The first-order valence-electron chi connectivity index (χ1n) is 3.79. The van der Waals surface area contributed by atoms with Crippen molar-refractivity contribution in [1.82, 2.24) is 0 Å². The highest BCUT2D eigenvalue weighted by molar-refractivity contribution is 5.71. The molecule has 0 unspecified atom stereocenters. The summed E-state index contributed by atoms with van der Waals surface area (Å²) in [5.41, 5.74) is 5.23. The van der Waals surface area contributed by atoms with Gasteiger partial charge in [0, 0.05) is 0 Å². The maximum Gasteiger partial charge on any atom is 0.332 e. The quantitative estimate of drug-likeness (QED) is 0.477. The van der Waals surface area contributed by atoms with Gasteiger partial charge in [0.05, 0.1) is 0 Å². The fraction of sp³-hybridized carbons (Fsp3) is 0.857. The molecular formula is C7H15NO3. The van der Waals surface area contributed by atoms with Crippen molar-refractivity contribution in [3.05, 3.63) is 0 Å². The third-order valence-corrected chi connectivity index (χ3v) is 1.47. The summed E-state index contributed by atoms with van der Waals surface area (Å²) in [7, 11) is 0. The number of aliphatic carboxylic acids is 1. The van der Waals surface area contributed by atoms with E-state index in [1.54, 1.807) is 0 Å². The molecule has 0 aliphatic rings. The van der Waals surface area contributed by atoms with Gasteiger partial charge in [-0.2, -0.15) is 0 Å². The smallest absolute Gasteiger partial charge is 0.332 e. The van der Waals surface area contributed by atoms with E-state index in [9.17, 15) is 4.79 Å². The first-order chi connectivity index (χ1) is 5.18. The zero-order valence-corrected chi connectivity index (χ0v) is 6.49. The molecular weight excluding hydrogens is 146 g/mol. The summed E-state index contributed by atoms with van der Waals surface area (Å²) >= 11 is 0. The molecule has 0 aliphatic carbocycles. The maximum atomic E-state index is 10.1. The first kappa shape index (κ1) is 10.4. The molecule has 0 heterocycles. The molecule has 0 saturated carbocycles. The van der Waals surface area contributed by atoms with Gasteiger partial charge >= 0.3 is 5.97 Å². The molecule has 4 heteroatoms. The third-order valence-electron chi connectivity index (χ3n) is 1.47. The summed E-state index contributed by atoms with van der Waals surface area (Å²) in [5.74, 6) is -1.14. The molecule has 0 amide bonds. The van der Waals surface area contributed by atoms with Crippen LogP contribution in [0.4, 0.5) is 0 Å². The SMILES string of the molecule is NCCCCC[C@@H](O)C(=O)O. The lowest BCUT2D eigenvalue weighted by atomic mass is 10.1.